The van der Waals surface area contributed by atoms with Crippen LogP contribution in [0.5, 0.6) is 0 Å². The van der Waals surface area contributed by atoms with E-state index in [-0.39, 0.29) is 0 Å². The molecule has 0 aliphatic heterocycles. The molecule has 0 saturated carbocycles. The van der Waals surface area contributed by atoms with E-state index < -0.39 is 0 Å². The van der Waals surface area contributed by atoms with Gasteiger partial charge in [-0.05, 0) is 64.2 Å². The Morgan fingerprint density at radius 3 is 2.61 bits per heavy atom. The van der Waals surface area contributed by atoms with Crippen LogP contribution < -0.4 is 0 Å². The normalized spacial score (nSPS) is 11.2. The van der Waals surface area contributed by atoms with Crippen molar-refractivity contribution >= 4 is 21.5 Å². The van der Waals surface area contributed by atoms with Gasteiger partial charge in [-0.1, -0.05) is 43.7 Å². The van der Waals surface area contributed by atoms with Gasteiger partial charge in [0, 0.05) is 0 Å². The summed E-state index contributed by atoms with van der Waals surface area (Å²) < 4.78 is 0. The lowest BCUT2D eigenvalue weighted by Crippen LogP contribution is -1.85. The second-order valence-electron chi connectivity index (χ2n) is 4.91. The molecule has 0 heteroatoms. The van der Waals surface area contributed by atoms with E-state index in [1.165, 1.54) is 46.4 Å². The SMILES string of the molecule is CCCCc1ccc2cc3cc[c]cc3cc2c1. The van der Waals surface area contributed by atoms with E-state index in [9.17, 15) is 0 Å². The standard InChI is InChI=1S/C18H17/c1-2-3-6-14-9-10-17-12-15-7-4-5-8-16(15)13-18(17)11-14/h4,7-13H,2-3,6H2,1H3. The molecule has 0 aromatic heterocycles. The van der Waals surface area contributed by atoms with Gasteiger partial charge in [-0.2, -0.15) is 0 Å². The van der Waals surface area contributed by atoms with Crippen molar-refractivity contribution in [3.8, 4) is 0 Å². The molecular weight excluding hydrogens is 216 g/mol. The molecule has 1 radical (unpaired) electrons. The topological polar surface area (TPSA) is 0 Å². The Labute approximate surface area is 108 Å². The second-order valence-corrected chi connectivity index (χ2v) is 4.91. The lowest BCUT2D eigenvalue weighted by atomic mass is 10.00. The predicted octanol–water partition coefficient (Wildman–Crippen LogP) is 5.14. The monoisotopic (exact) mass is 233 g/mol. The van der Waals surface area contributed by atoms with Crippen molar-refractivity contribution < 1.29 is 0 Å². The highest BCUT2D eigenvalue weighted by Crippen LogP contribution is 2.24. The van der Waals surface area contributed by atoms with E-state index in [1.54, 1.807) is 0 Å². The molecule has 0 aliphatic carbocycles. The number of fused-ring (bicyclic) bond motifs is 2. The molecule has 0 spiro atoms. The van der Waals surface area contributed by atoms with Crippen LogP contribution in [0.15, 0.2) is 48.5 Å². The number of rotatable bonds is 3. The largest absolute Gasteiger partial charge is 0.0654 e. The summed E-state index contributed by atoms with van der Waals surface area (Å²) in [4.78, 5) is 0. The first-order valence-electron chi connectivity index (χ1n) is 6.69. The van der Waals surface area contributed by atoms with Crippen LogP contribution in [0, 0.1) is 6.07 Å². The van der Waals surface area contributed by atoms with Gasteiger partial charge in [0.15, 0.2) is 0 Å². The van der Waals surface area contributed by atoms with Gasteiger partial charge < -0.3 is 0 Å². The minimum absolute atomic E-state index is 1.19. The Balaban J connectivity index is 2.12. The zero-order chi connectivity index (χ0) is 12.4. The molecule has 0 nitrogen and oxygen atoms in total. The Kier molecular flexibility index (Phi) is 3.02. The average Bonchev–Trinajstić information content (AvgIpc) is 2.42. The maximum absolute atomic E-state index is 3.15. The molecule has 0 unspecified atom stereocenters. The van der Waals surface area contributed by atoms with Gasteiger partial charge in [0.05, 0.1) is 0 Å². The lowest BCUT2D eigenvalue weighted by Gasteiger charge is -2.05. The van der Waals surface area contributed by atoms with Gasteiger partial charge in [-0.25, -0.2) is 0 Å². The minimum Gasteiger partial charge on any atom is -0.0654 e. The zero-order valence-corrected chi connectivity index (χ0v) is 10.7. The molecule has 18 heavy (non-hydrogen) atoms. The summed E-state index contributed by atoms with van der Waals surface area (Å²) in [6.45, 7) is 2.24. The molecule has 0 bridgehead atoms. The van der Waals surface area contributed by atoms with Crippen LogP contribution in [0.2, 0.25) is 0 Å². The van der Waals surface area contributed by atoms with Crippen molar-refractivity contribution in [2.75, 3.05) is 0 Å². The van der Waals surface area contributed by atoms with Gasteiger partial charge >= 0.3 is 0 Å². The number of benzene rings is 3. The number of hydrogen-bond acceptors (Lipinski definition) is 0. The van der Waals surface area contributed by atoms with Crippen LogP contribution >= 0.6 is 0 Å². The average molecular weight is 233 g/mol. The summed E-state index contributed by atoms with van der Waals surface area (Å²) in [5.74, 6) is 0. The molecule has 3 aromatic carbocycles. The molecule has 0 fully saturated rings. The third kappa shape index (κ3) is 2.11. The maximum Gasteiger partial charge on any atom is -0.0171 e. The lowest BCUT2D eigenvalue weighted by molar-refractivity contribution is 0.796. The first-order valence-corrected chi connectivity index (χ1v) is 6.69. The summed E-state index contributed by atoms with van der Waals surface area (Å²) in [6.07, 6.45) is 3.71. The van der Waals surface area contributed by atoms with E-state index in [4.69, 9.17) is 0 Å². The van der Waals surface area contributed by atoms with Crippen LogP contribution in [0.4, 0.5) is 0 Å². The quantitative estimate of drug-likeness (QED) is 0.550. The van der Waals surface area contributed by atoms with Crippen molar-refractivity contribution in [3.63, 3.8) is 0 Å². The highest BCUT2D eigenvalue weighted by molar-refractivity contribution is 5.98. The summed E-state index contributed by atoms with van der Waals surface area (Å²) in [6, 6.07) is 20.7. The van der Waals surface area contributed by atoms with E-state index >= 15 is 0 Å². The van der Waals surface area contributed by atoms with Gasteiger partial charge in [-0.15, -0.1) is 0 Å². The molecule has 89 valence electrons. The Morgan fingerprint density at radius 2 is 1.72 bits per heavy atom. The maximum atomic E-state index is 3.15. The highest BCUT2D eigenvalue weighted by Gasteiger charge is 1.99. The molecular formula is C18H17. The van der Waals surface area contributed by atoms with Crippen LogP contribution in [0.1, 0.15) is 25.3 Å². The van der Waals surface area contributed by atoms with Crippen molar-refractivity contribution in [2.24, 2.45) is 0 Å². The Hall–Kier alpha value is -1.82. The third-order valence-electron chi connectivity index (χ3n) is 3.52. The molecule has 0 amide bonds. The van der Waals surface area contributed by atoms with Gasteiger partial charge in [0.2, 0.25) is 0 Å². The Bertz CT molecular complexity index is 680. The fourth-order valence-electron chi connectivity index (χ4n) is 2.46. The van der Waals surface area contributed by atoms with Crippen LogP contribution in [-0.2, 0) is 6.42 Å². The summed E-state index contributed by atoms with van der Waals surface area (Å²) in [5, 5.41) is 5.24. The number of aryl methyl sites for hydroxylation is 1. The summed E-state index contributed by atoms with van der Waals surface area (Å²) >= 11 is 0. The van der Waals surface area contributed by atoms with E-state index in [0.717, 1.165) is 0 Å². The van der Waals surface area contributed by atoms with Crippen LogP contribution in [-0.4, -0.2) is 0 Å². The molecule has 3 rings (SSSR count). The van der Waals surface area contributed by atoms with Crippen LogP contribution in [0.3, 0.4) is 0 Å². The fraction of sp³-hybridized carbons (Fsp3) is 0.222. The summed E-state index contributed by atoms with van der Waals surface area (Å²) in [5.41, 5.74) is 1.45. The van der Waals surface area contributed by atoms with Gasteiger partial charge in [-0.3, -0.25) is 0 Å². The minimum atomic E-state index is 1.19. The van der Waals surface area contributed by atoms with E-state index in [0.29, 0.717) is 0 Å². The number of hydrogen-bond donors (Lipinski definition) is 0. The molecule has 0 heterocycles. The van der Waals surface area contributed by atoms with Crippen molar-refractivity contribution in [1.82, 2.24) is 0 Å². The third-order valence-corrected chi connectivity index (χ3v) is 3.52. The van der Waals surface area contributed by atoms with Crippen molar-refractivity contribution in [2.45, 2.75) is 26.2 Å². The summed E-state index contributed by atoms with van der Waals surface area (Å²) in [7, 11) is 0. The first-order chi connectivity index (χ1) is 8.86. The molecule has 0 saturated heterocycles. The smallest absolute Gasteiger partial charge is 0.0171 e. The van der Waals surface area contributed by atoms with E-state index in [1.807, 2.05) is 6.07 Å². The highest BCUT2D eigenvalue weighted by atomic mass is 14.0. The van der Waals surface area contributed by atoms with Crippen molar-refractivity contribution in [1.29, 1.82) is 0 Å². The number of unbranched alkanes of at least 4 members (excludes halogenated alkanes) is 1. The van der Waals surface area contributed by atoms with Crippen molar-refractivity contribution in [3.05, 3.63) is 60.2 Å². The molecule has 0 aliphatic rings. The molecule has 3 aromatic rings. The predicted molar refractivity (Wildman–Crippen MR) is 78.9 cm³/mol. The first kappa shape index (κ1) is 11.3. The van der Waals surface area contributed by atoms with Gasteiger partial charge in [0.25, 0.3) is 0 Å². The van der Waals surface area contributed by atoms with Gasteiger partial charge in [0.1, 0.15) is 0 Å². The Morgan fingerprint density at radius 1 is 0.889 bits per heavy atom. The van der Waals surface area contributed by atoms with E-state index in [2.05, 4.69) is 55.5 Å². The second kappa shape index (κ2) is 4.81. The zero-order valence-electron chi connectivity index (χ0n) is 10.7. The fourth-order valence-corrected chi connectivity index (χ4v) is 2.46. The molecule has 0 atom stereocenters. The van der Waals surface area contributed by atoms with Crippen LogP contribution in [0.25, 0.3) is 21.5 Å². The molecule has 0 N–H and O–H groups in total.